The van der Waals surface area contributed by atoms with Crippen molar-refractivity contribution in [3.63, 3.8) is 0 Å². The second-order valence-electron chi connectivity index (χ2n) is 8.54. The number of hydrogen-bond donors (Lipinski definition) is 1. The third-order valence-corrected chi connectivity index (χ3v) is 6.97. The van der Waals surface area contributed by atoms with E-state index in [1.807, 2.05) is 35.1 Å². The molecule has 5 heterocycles. The molecular weight excluding hydrogens is 352 g/mol. The van der Waals surface area contributed by atoms with Gasteiger partial charge in [-0.3, -0.25) is 4.90 Å². The summed E-state index contributed by atoms with van der Waals surface area (Å²) in [4.78, 5) is 7.17. The Morgan fingerprint density at radius 3 is 2.96 bits per heavy atom. The molecule has 3 fully saturated rings. The predicted molar refractivity (Wildman–Crippen MR) is 105 cm³/mol. The number of aliphatic hydroxyl groups excluding tert-OH is 1. The number of fused-ring (bicyclic) bond motifs is 2. The van der Waals surface area contributed by atoms with Crippen LogP contribution in [0.15, 0.2) is 48.9 Å². The van der Waals surface area contributed by atoms with Crippen molar-refractivity contribution >= 4 is 5.65 Å². The Morgan fingerprint density at radius 1 is 1.21 bits per heavy atom. The minimum absolute atomic E-state index is 0.0260. The maximum Gasteiger partial charge on any atom is 0.162 e. The van der Waals surface area contributed by atoms with Gasteiger partial charge in [-0.2, -0.15) is 5.10 Å². The van der Waals surface area contributed by atoms with E-state index in [0.717, 1.165) is 54.8 Å². The number of benzene rings is 1. The molecule has 1 spiro atoms. The van der Waals surface area contributed by atoms with Gasteiger partial charge < -0.3 is 9.84 Å². The number of aromatic nitrogens is 3. The smallest absolute Gasteiger partial charge is 0.162 e. The van der Waals surface area contributed by atoms with Crippen molar-refractivity contribution in [1.82, 2.24) is 19.5 Å². The van der Waals surface area contributed by atoms with E-state index in [1.165, 1.54) is 0 Å². The third kappa shape index (κ3) is 2.38. The fourth-order valence-corrected chi connectivity index (χ4v) is 5.73. The highest BCUT2D eigenvalue weighted by atomic mass is 16.5. The van der Waals surface area contributed by atoms with Gasteiger partial charge in [-0.1, -0.05) is 30.3 Å². The summed E-state index contributed by atoms with van der Waals surface area (Å²) in [6.45, 7) is 3.03. The van der Waals surface area contributed by atoms with Gasteiger partial charge in [0.1, 0.15) is 0 Å². The van der Waals surface area contributed by atoms with Crippen LogP contribution in [0.1, 0.15) is 18.4 Å². The lowest BCUT2D eigenvalue weighted by molar-refractivity contribution is 0.000363. The van der Waals surface area contributed by atoms with Crippen LogP contribution in [0, 0.1) is 11.8 Å². The molecule has 0 aliphatic carbocycles. The highest BCUT2D eigenvalue weighted by molar-refractivity contribution is 5.76. The fraction of sp³-hybridized carbons (Fsp3) is 0.455. The molecule has 3 aliphatic heterocycles. The molecule has 1 N–H and O–H groups in total. The van der Waals surface area contributed by atoms with Gasteiger partial charge in [0.15, 0.2) is 5.65 Å². The average molecular weight is 376 g/mol. The Balaban J connectivity index is 1.24. The van der Waals surface area contributed by atoms with Crippen LogP contribution < -0.4 is 0 Å². The maximum atomic E-state index is 9.80. The SMILES string of the molecule is OC[C@H]1[C@@H]2CC[C@@]3(CN(Cc4cnc5c(-c6ccccc6)cnn5c4)C[C@@H]13)O2. The summed E-state index contributed by atoms with van der Waals surface area (Å²) in [6.07, 6.45) is 8.44. The zero-order valence-electron chi connectivity index (χ0n) is 15.7. The zero-order valence-corrected chi connectivity index (χ0v) is 15.7. The van der Waals surface area contributed by atoms with E-state index >= 15 is 0 Å². The molecule has 144 valence electrons. The average Bonchev–Trinajstić information content (AvgIpc) is 3.46. The van der Waals surface area contributed by atoms with E-state index in [1.54, 1.807) is 0 Å². The Hall–Kier alpha value is -2.28. The molecule has 0 unspecified atom stereocenters. The van der Waals surface area contributed by atoms with E-state index < -0.39 is 0 Å². The number of ether oxygens (including phenoxy) is 1. The molecule has 3 aromatic rings. The summed E-state index contributed by atoms with van der Waals surface area (Å²) < 4.78 is 8.22. The predicted octanol–water partition coefficient (Wildman–Crippen LogP) is 2.37. The highest BCUT2D eigenvalue weighted by Crippen LogP contribution is 2.54. The van der Waals surface area contributed by atoms with Crippen molar-refractivity contribution in [2.75, 3.05) is 19.7 Å². The van der Waals surface area contributed by atoms with Crippen LogP contribution in [0.3, 0.4) is 0 Å². The summed E-state index contributed by atoms with van der Waals surface area (Å²) in [7, 11) is 0. The summed E-state index contributed by atoms with van der Waals surface area (Å²) in [5.41, 5.74) is 4.20. The van der Waals surface area contributed by atoms with Crippen LogP contribution in [-0.2, 0) is 11.3 Å². The maximum absolute atomic E-state index is 9.80. The van der Waals surface area contributed by atoms with Crippen molar-refractivity contribution < 1.29 is 9.84 Å². The summed E-state index contributed by atoms with van der Waals surface area (Å²) in [6, 6.07) is 10.3. The molecule has 3 aliphatic rings. The van der Waals surface area contributed by atoms with E-state index in [4.69, 9.17) is 9.72 Å². The molecule has 6 nitrogen and oxygen atoms in total. The van der Waals surface area contributed by atoms with Crippen molar-refractivity contribution in [3.8, 4) is 11.1 Å². The minimum Gasteiger partial charge on any atom is -0.396 e. The largest absolute Gasteiger partial charge is 0.396 e. The van der Waals surface area contributed by atoms with Gasteiger partial charge in [0, 0.05) is 61.6 Å². The number of rotatable bonds is 4. The second-order valence-corrected chi connectivity index (χ2v) is 8.54. The fourth-order valence-electron chi connectivity index (χ4n) is 5.73. The topological polar surface area (TPSA) is 62.9 Å². The quantitative estimate of drug-likeness (QED) is 0.757. The van der Waals surface area contributed by atoms with Crippen LogP contribution in [0.25, 0.3) is 16.8 Å². The monoisotopic (exact) mass is 376 g/mol. The Bertz CT molecular complexity index is 1020. The lowest BCUT2D eigenvalue weighted by Crippen LogP contribution is -2.37. The molecule has 0 amide bonds. The first-order chi connectivity index (χ1) is 13.8. The van der Waals surface area contributed by atoms with Gasteiger partial charge in [0.2, 0.25) is 0 Å². The van der Waals surface area contributed by atoms with Gasteiger partial charge >= 0.3 is 0 Å². The Morgan fingerprint density at radius 2 is 2.11 bits per heavy atom. The number of hydrogen-bond acceptors (Lipinski definition) is 5. The first kappa shape index (κ1) is 16.7. The van der Waals surface area contributed by atoms with E-state index in [9.17, 15) is 5.11 Å². The van der Waals surface area contributed by atoms with Crippen molar-refractivity contribution in [3.05, 3.63) is 54.5 Å². The molecule has 2 bridgehead atoms. The van der Waals surface area contributed by atoms with E-state index in [0.29, 0.717) is 11.8 Å². The highest BCUT2D eigenvalue weighted by Gasteiger charge is 2.62. The van der Waals surface area contributed by atoms with Crippen molar-refractivity contribution in [2.45, 2.75) is 31.1 Å². The van der Waals surface area contributed by atoms with Gasteiger partial charge in [-0.25, -0.2) is 9.50 Å². The minimum atomic E-state index is -0.0260. The van der Waals surface area contributed by atoms with E-state index in [-0.39, 0.29) is 18.3 Å². The van der Waals surface area contributed by atoms with Gasteiger partial charge in [0.05, 0.1) is 17.9 Å². The molecule has 4 atom stereocenters. The second kappa shape index (κ2) is 6.11. The van der Waals surface area contributed by atoms with Gasteiger partial charge in [-0.15, -0.1) is 0 Å². The van der Waals surface area contributed by atoms with Crippen LogP contribution in [-0.4, -0.2) is 56.0 Å². The first-order valence-corrected chi connectivity index (χ1v) is 10.1. The van der Waals surface area contributed by atoms with Gasteiger partial charge in [0.25, 0.3) is 0 Å². The van der Waals surface area contributed by atoms with Crippen LogP contribution in [0.2, 0.25) is 0 Å². The summed E-state index contributed by atoms with van der Waals surface area (Å²) in [5.74, 6) is 0.765. The third-order valence-electron chi connectivity index (χ3n) is 6.97. The van der Waals surface area contributed by atoms with Crippen LogP contribution >= 0.6 is 0 Å². The molecule has 2 aromatic heterocycles. The van der Waals surface area contributed by atoms with E-state index in [2.05, 4.69) is 28.3 Å². The molecule has 0 saturated carbocycles. The van der Waals surface area contributed by atoms with Crippen molar-refractivity contribution in [1.29, 1.82) is 0 Å². The molecule has 3 saturated heterocycles. The summed E-state index contributed by atoms with van der Waals surface area (Å²) in [5, 5.41) is 14.3. The van der Waals surface area contributed by atoms with Crippen LogP contribution in [0.5, 0.6) is 0 Å². The number of aliphatic hydroxyl groups is 1. The number of likely N-dealkylation sites (tertiary alicyclic amines) is 1. The summed E-state index contributed by atoms with van der Waals surface area (Å²) >= 11 is 0. The molecule has 6 rings (SSSR count). The zero-order chi connectivity index (χ0) is 18.7. The Labute approximate surface area is 163 Å². The van der Waals surface area contributed by atoms with Gasteiger partial charge in [-0.05, 0) is 18.4 Å². The molecule has 28 heavy (non-hydrogen) atoms. The first-order valence-electron chi connectivity index (χ1n) is 10.1. The molecular formula is C22H24N4O2. The molecule has 6 heteroatoms. The molecule has 0 radical (unpaired) electrons. The number of nitrogens with zero attached hydrogens (tertiary/aromatic N) is 4. The Kier molecular flexibility index (Phi) is 3.63. The van der Waals surface area contributed by atoms with Crippen LogP contribution in [0.4, 0.5) is 0 Å². The lowest BCUT2D eigenvalue weighted by atomic mass is 9.74. The standard InChI is InChI=1S/C22H24N4O2/c27-13-18-19-12-25(14-22(19)7-6-20(18)28-22)10-15-8-23-21-17(9-24-26(21)11-15)16-4-2-1-3-5-16/h1-5,8-9,11,18-20,27H,6-7,10,12-14H2/t18-,19+,20+,22+/m1/s1. The van der Waals surface area contributed by atoms with Crippen molar-refractivity contribution in [2.24, 2.45) is 11.8 Å². The normalized spacial score (nSPS) is 31.7. The lowest BCUT2D eigenvalue weighted by Gasteiger charge is -2.28. The molecule has 1 aromatic carbocycles.